The molecule has 2 amide bonds. The standard InChI is InChI=1S/C26H32FN7O2/c1-4-18-21(14(3)32-33-18)17-10-11-20(29-24(17)27)30-26(36)23(22(15-6-7-15)16-8-9-16)31-25(35)19-12-13-28-34(19)5-2/h10-13,15-16,22-23H,4-9H2,1-3H3,(H,31,35)(H,32,33)(H,29,30,36)/t23-/m0/s1. The second-order valence-corrected chi connectivity index (χ2v) is 9.78. The van der Waals surface area contributed by atoms with Gasteiger partial charge in [-0.05, 0) is 81.9 Å². The first kappa shape index (κ1) is 24.1. The van der Waals surface area contributed by atoms with Gasteiger partial charge in [-0.25, -0.2) is 4.98 Å². The average molecular weight is 494 g/mol. The van der Waals surface area contributed by atoms with E-state index in [4.69, 9.17) is 0 Å². The van der Waals surface area contributed by atoms with E-state index >= 15 is 4.39 Å². The molecule has 2 fully saturated rings. The highest BCUT2D eigenvalue weighted by atomic mass is 19.1. The Kier molecular flexibility index (Phi) is 6.59. The van der Waals surface area contributed by atoms with Crippen molar-refractivity contribution in [3.05, 3.63) is 47.4 Å². The number of hydrogen-bond acceptors (Lipinski definition) is 5. The monoisotopic (exact) mass is 493 g/mol. The van der Waals surface area contributed by atoms with E-state index in [0.717, 1.165) is 37.1 Å². The number of aryl methyl sites for hydroxylation is 3. The third kappa shape index (κ3) is 4.76. The van der Waals surface area contributed by atoms with Crippen LogP contribution in [0, 0.1) is 30.6 Å². The van der Waals surface area contributed by atoms with Crippen molar-refractivity contribution in [3.8, 4) is 11.1 Å². The van der Waals surface area contributed by atoms with Gasteiger partial charge in [0.15, 0.2) is 0 Å². The summed E-state index contributed by atoms with van der Waals surface area (Å²) in [6.45, 7) is 6.25. The number of pyridine rings is 1. The van der Waals surface area contributed by atoms with E-state index in [9.17, 15) is 9.59 Å². The molecule has 1 atom stereocenters. The fraction of sp³-hybridized carbons (Fsp3) is 0.500. The summed E-state index contributed by atoms with van der Waals surface area (Å²) in [6.07, 6.45) is 6.45. The molecule has 0 unspecified atom stereocenters. The van der Waals surface area contributed by atoms with Gasteiger partial charge in [-0.15, -0.1) is 0 Å². The van der Waals surface area contributed by atoms with Gasteiger partial charge in [-0.3, -0.25) is 19.4 Å². The first-order valence-electron chi connectivity index (χ1n) is 12.8. The number of hydrogen-bond donors (Lipinski definition) is 3. The number of amides is 2. The van der Waals surface area contributed by atoms with Crippen molar-refractivity contribution in [2.75, 3.05) is 5.32 Å². The Morgan fingerprint density at radius 2 is 1.89 bits per heavy atom. The summed E-state index contributed by atoms with van der Waals surface area (Å²) in [5, 5.41) is 17.1. The molecule has 36 heavy (non-hydrogen) atoms. The van der Waals surface area contributed by atoms with Gasteiger partial charge in [0, 0.05) is 29.6 Å². The summed E-state index contributed by atoms with van der Waals surface area (Å²) < 4.78 is 16.7. The number of rotatable bonds is 10. The van der Waals surface area contributed by atoms with Crippen molar-refractivity contribution in [3.63, 3.8) is 0 Å². The molecule has 2 aliphatic rings. The fourth-order valence-electron chi connectivity index (χ4n) is 5.21. The number of aromatic nitrogens is 5. The quantitative estimate of drug-likeness (QED) is 0.371. The number of H-pyrrole nitrogens is 1. The molecule has 0 saturated heterocycles. The largest absolute Gasteiger partial charge is 0.339 e. The minimum atomic E-state index is -0.731. The molecule has 2 aliphatic carbocycles. The van der Waals surface area contributed by atoms with Crippen molar-refractivity contribution in [1.82, 2.24) is 30.3 Å². The number of nitrogens with zero attached hydrogens (tertiary/aromatic N) is 4. The van der Waals surface area contributed by atoms with E-state index in [2.05, 4.69) is 30.9 Å². The van der Waals surface area contributed by atoms with Crippen molar-refractivity contribution in [2.45, 2.75) is 65.5 Å². The molecule has 3 aromatic heterocycles. The van der Waals surface area contributed by atoms with Crippen LogP contribution in [0.3, 0.4) is 0 Å². The molecule has 3 aromatic rings. The molecule has 0 aromatic carbocycles. The van der Waals surface area contributed by atoms with E-state index in [-0.39, 0.29) is 23.6 Å². The Labute approximate surface area is 209 Å². The van der Waals surface area contributed by atoms with Gasteiger partial charge < -0.3 is 10.6 Å². The Bertz CT molecular complexity index is 1260. The lowest BCUT2D eigenvalue weighted by Crippen LogP contribution is -2.50. The number of carbonyl (C=O) groups excluding carboxylic acids is 2. The SMILES string of the molecule is CCc1n[nH]c(C)c1-c1ccc(NC(=O)[C@@H](NC(=O)c2ccnn2CC)C(C2CC2)C2CC2)nc1F. The lowest BCUT2D eigenvalue weighted by Gasteiger charge is -2.27. The second kappa shape index (κ2) is 9.83. The first-order chi connectivity index (χ1) is 17.4. The van der Waals surface area contributed by atoms with E-state index < -0.39 is 12.0 Å². The summed E-state index contributed by atoms with van der Waals surface area (Å²) in [5.41, 5.74) is 2.96. The molecule has 2 saturated carbocycles. The summed E-state index contributed by atoms with van der Waals surface area (Å²) in [7, 11) is 0. The molecule has 190 valence electrons. The van der Waals surface area contributed by atoms with Crippen molar-refractivity contribution >= 4 is 17.6 Å². The van der Waals surface area contributed by atoms with Crippen LogP contribution in [0.4, 0.5) is 10.2 Å². The van der Waals surface area contributed by atoms with E-state index in [1.165, 1.54) is 0 Å². The number of anilines is 1. The van der Waals surface area contributed by atoms with Gasteiger partial charge in [0.05, 0.1) is 5.69 Å². The highest BCUT2D eigenvalue weighted by Crippen LogP contribution is 2.51. The van der Waals surface area contributed by atoms with Gasteiger partial charge in [0.2, 0.25) is 11.9 Å². The maximum Gasteiger partial charge on any atom is 0.270 e. The molecule has 0 spiro atoms. The molecule has 3 heterocycles. The highest BCUT2D eigenvalue weighted by Gasteiger charge is 2.48. The van der Waals surface area contributed by atoms with Crippen LogP contribution in [-0.2, 0) is 17.8 Å². The molecule has 9 nitrogen and oxygen atoms in total. The zero-order chi connectivity index (χ0) is 25.4. The van der Waals surface area contributed by atoms with E-state index in [1.54, 1.807) is 29.1 Å². The van der Waals surface area contributed by atoms with Gasteiger partial charge in [0.25, 0.3) is 5.91 Å². The molecular formula is C26H32FN7O2. The first-order valence-corrected chi connectivity index (χ1v) is 12.8. The Balaban J connectivity index is 1.39. The minimum Gasteiger partial charge on any atom is -0.339 e. The summed E-state index contributed by atoms with van der Waals surface area (Å²) >= 11 is 0. The summed E-state index contributed by atoms with van der Waals surface area (Å²) in [6, 6.07) is 4.12. The van der Waals surface area contributed by atoms with Crippen LogP contribution in [0.25, 0.3) is 11.1 Å². The third-order valence-electron chi connectivity index (χ3n) is 7.26. The van der Waals surface area contributed by atoms with Gasteiger partial charge in [-0.1, -0.05) is 6.92 Å². The molecule has 10 heteroatoms. The molecule has 3 N–H and O–H groups in total. The Morgan fingerprint density at radius 3 is 2.50 bits per heavy atom. The van der Waals surface area contributed by atoms with Crippen LogP contribution >= 0.6 is 0 Å². The highest BCUT2D eigenvalue weighted by molar-refractivity contribution is 6.00. The Morgan fingerprint density at radius 1 is 1.17 bits per heavy atom. The van der Waals surface area contributed by atoms with Gasteiger partial charge >= 0.3 is 0 Å². The zero-order valence-corrected chi connectivity index (χ0v) is 20.8. The van der Waals surface area contributed by atoms with Crippen molar-refractivity contribution in [2.24, 2.45) is 17.8 Å². The smallest absolute Gasteiger partial charge is 0.270 e. The normalized spacial score (nSPS) is 16.2. The number of nitrogens with one attached hydrogen (secondary N) is 3. The zero-order valence-electron chi connectivity index (χ0n) is 20.8. The Hall–Kier alpha value is -3.56. The molecule has 5 rings (SSSR count). The van der Waals surface area contributed by atoms with Crippen LogP contribution < -0.4 is 10.6 Å². The topological polar surface area (TPSA) is 118 Å². The van der Waals surface area contributed by atoms with Crippen LogP contribution in [0.1, 0.15) is 61.4 Å². The lowest BCUT2D eigenvalue weighted by molar-refractivity contribution is -0.119. The maximum atomic E-state index is 15.1. The summed E-state index contributed by atoms with van der Waals surface area (Å²) in [5.74, 6) is -0.400. The number of halogens is 1. The minimum absolute atomic E-state index is 0.0526. The third-order valence-corrected chi connectivity index (χ3v) is 7.26. The second-order valence-electron chi connectivity index (χ2n) is 9.78. The van der Waals surface area contributed by atoms with Crippen LogP contribution in [0.5, 0.6) is 0 Å². The number of carbonyl (C=O) groups is 2. The lowest BCUT2D eigenvalue weighted by atomic mass is 9.88. The maximum absolute atomic E-state index is 15.1. The van der Waals surface area contributed by atoms with Crippen molar-refractivity contribution < 1.29 is 14.0 Å². The number of aromatic amines is 1. The molecule has 0 bridgehead atoms. The van der Waals surface area contributed by atoms with E-state index in [1.807, 2.05) is 20.8 Å². The van der Waals surface area contributed by atoms with Crippen LogP contribution in [0.15, 0.2) is 24.4 Å². The van der Waals surface area contributed by atoms with Crippen LogP contribution in [0.2, 0.25) is 0 Å². The van der Waals surface area contributed by atoms with Crippen LogP contribution in [-0.4, -0.2) is 42.8 Å². The predicted octanol–water partition coefficient (Wildman–Crippen LogP) is 3.87. The predicted molar refractivity (Wildman–Crippen MR) is 133 cm³/mol. The van der Waals surface area contributed by atoms with Crippen molar-refractivity contribution in [1.29, 1.82) is 0 Å². The average Bonchev–Trinajstić information content (AvgIpc) is 3.79. The molecular weight excluding hydrogens is 461 g/mol. The van der Waals surface area contributed by atoms with Gasteiger partial charge in [0.1, 0.15) is 17.6 Å². The molecule has 0 aliphatic heterocycles. The fourth-order valence-corrected chi connectivity index (χ4v) is 5.21. The summed E-state index contributed by atoms with van der Waals surface area (Å²) in [4.78, 5) is 30.7. The van der Waals surface area contributed by atoms with Gasteiger partial charge in [-0.2, -0.15) is 14.6 Å². The van der Waals surface area contributed by atoms with E-state index in [0.29, 0.717) is 41.6 Å². The molecule has 0 radical (unpaired) electrons.